The number of aldehydes is 2. The first-order chi connectivity index (χ1) is 17.0. The number of carbonyl (C=O) groups excluding carboxylic acids is 3. The Hall–Kier alpha value is -3.59. The van der Waals surface area contributed by atoms with Gasteiger partial charge in [0, 0.05) is 13.1 Å². The fourth-order valence-corrected chi connectivity index (χ4v) is 4.29. The van der Waals surface area contributed by atoms with Crippen LogP contribution >= 0.6 is 0 Å². The van der Waals surface area contributed by atoms with Crippen molar-refractivity contribution in [1.29, 1.82) is 0 Å². The second-order valence-corrected chi connectivity index (χ2v) is 8.83. The van der Waals surface area contributed by atoms with Crippen molar-refractivity contribution in [2.45, 2.75) is 45.1 Å². The lowest BCUT2D eigenvalue weighted by Crippen LogP contribution is -2.40. The highest BCUT2D eigenvalue weighted by molar-refractivity contribution is 5.99. The molecule has 2 heterocycles. The molecule has 3 N–H and O–H groups in total. The maximum absolute atomic E-state index is 12.9. The smallest absolute Gasteiger partial charge is 0.257 e. The van der Waals surface area contributed by atoms with E-state index in [1.807, 2.05) is 19.9 Å². The second-order valence-electron chi connectivity index (χ2n) is 8.83. The normalized spacial score (nSPS) is 17.4. The fraction of sp³-hybridized carbons (Fsp3) is 0.423. The Morgan fingerprint density at radius 2 is 1.91 bits per heavy atom. The summed E-state index contributed by atoms with van der Waals surface area (Å²) in [5, 5.41) is 16.7. The molecule has 1 aliphatic heterocycles. The molecule has 2 aromatic rings. The topological polar surface area (TPSA) is 121 Å². The van der Waals surface area contributed by atoms with E-state index in [0.29, 0.717) is 57.0 Å². The maximum Gasteiger partial charge on any atom is 0.257 e. The second kappa shape index (κ2) is 10.8. The van der Waals surface area contributed by atoms with Gasteiger partial charge in [-0.2, -0.15) is 0 Å². The zero-order chi connectivity index (χ0) is 24.9. The van der Waals surface area contributed by atoms with Gasteiger partial charge in [0.2, 0.25) is 0 Å². The van der Waals surface area contributed by atoms with Crippen LogP contribution in [0.5, 0.6) is 5.75 Å². The van der Waals surface area contributed by atoms with E-state index in [4.69, 9.17) is 9.15 Å². The van der Waals surface area contributed by atoms with Crippen LogP contribution in [0.1, 0.15) is 65.6 Å². The summed E-state index contributed by atoms with van der Waals surface area (Å²) in [5.41, 5.74) is 1.41. The van der Waals surface area contributed by atoms with E-state index in [-0.39, 0.29) is 40.3 Å². The number of phenolic OH excluding ortho intramolecular Hbond substituents is 1. The van der Waals surface area contributed by atoms with Crippen LogP contribution in [0, 0.1) is 6.92 Å². The summed E-state index contributed by atoms with van der Waals surface area (Å²) in [7, 11) is 0. The summed E-state index contributed by atoms with van der Waals surface area (Å²) in [4.78, 5) is 38.4. The lowest BCUT2D eigenvalue weighted by molar-refractivity contribution is -0.107. The minimum Gasteiger partial charge on any atom is -0.505 e. The zero-order valence-electron chi connectivity index (χ0n) is 20.0. The largest absolute Gasteiger partial charge is 0.505 e. The highest BCUT2D eigenvalue weighted by Gasteiger charge is 2.29. The van der Waals surface area contributed by atoms with E-state index >= 15 is 0 Å². The van der Waals surface area contributed by atoms with Gasteiger partial charge in [0.1, 0.15) is 22.9 Å². The number of rotatable bonds is 10. The standard InChI is InChI=1S/C26H31N3O6/c1-3-20(24-13-19(16(2)35-24)17-7-8-17)27-22(14-30)23(15-31)28-21-6-4-5-18(25(21)32)26(33)29-9-11-34-12-10-29/h4-6,13-15,17,20,27-28,32H,3,7-12H2,1-2H3/b23-22-/t20-/m1/s1. The Morgan fingerprint density at radius 1 is 1.20 bits per heavy atom. The number of phenols is 1. The summed E-state index contributed by atoms with van der Waals surface area (Å²) in [6.07, 6.45) is 3.98. The monoisotopic (exact) mass is 481 g/mol. The van der Waals surface area contributed by atoms with Gasteiger partial charge in [-0.15, -0.1) is 0 Å². The number of hydrogen-bond acceptors (Lipinski definition) is 8. The minimum atomic E-state index is -0.328. The third-order valence-electron chi connectivity index (χ3n) is 6.43. The molecule has 4 rings (SSSR count). The Balaban J connectivity index is 1.56. The molecule has 0 spiro atoms. The predicted molar refractivity (Wildman–Crippen MR) is 129 cm³/mol. The van der Waals surface area contributed by atoms with Crippen LogP contribution in [0.25, 0.3) is 0 Å². The number of hydrogen-bond donors (Lipinski definition) is 3. The molecular weight excluding hydrogens is 450 g/mol. The number of aromatic hydroxyl groups is 1. The molecule has 9 heteroatoms. The molecule has 0 bridgehead atoms. The molecule has 1 aromatic carbocycles. The van der Waals surface area contributed by atoms with Crippen LogP contribution in [-0.4, -0.2) is 54.8 Å². The van der Waals surface area contributed by atoms with Crippen LogP contribution in [-0.2, 0) is 14.3 Å². The number of amides is 1. The molecule has 1 saturated heterocycles. The first-order valence-electron chi connectivity index (χ1n) is 11.9. The van der Waals surface area contributed by atoms with Crippen molar-refractivity contribution in [3.63, 3.8) is 0 Å². The van der Waals surface area contributed by atoms with Crippen molar-refractivity contribution in [1.82, 2.24) is 10.2 Å². The van der Waals surface area contributed by atoms with Gasteiger partial charge in [-0.05, 0) is 55.9 Å². The zero-order valence-corrected chi connectivity index (χ0v) is 20.0. The molecule has 0 radical (unpaired) electrons. The van der Waals surface area contributed by atoms with Gasteiger partial charge in [0.15, 0.2) is 18.3 Å². The summed E-state index contributed by atoms with van der Waals surface area (Å²) in [5.74, 6) is 1.49. The molecular formula is C26H31N3O6. The number of anilines is 1. The van der Waals surface area contributed by atoms with Gasteiger partial charge in [0.05, 0.1) is 30.5 Å². The Labute approximate surface area is 204 Å². The average molecular weight is 482 g/mol. The first-order valence-corrected chi connectivity index (χ1v) is 11.9. The molecule has 186 valence electrons. The number of morpholine rings is 1. The van der Waals surface area contributed by atoms with E-state index in [1.165, 1.54) is 17.7 Å². The number of benzene rings is 1. The lowest BCUT2D eigenvalue weighted by atomic mass is 10.1. The SMILES string of the molecule is CC[C@@H](N/C(C=O)=C(/C=O)Nc1cccc(C(=O)N2CCOCC2)c1O)c1cc(C2CC2)c(C)o1. The van der Waals surface area contributed by atoms with Crippen molar-refractivity contribution in [3.05, 3.63) is 58.3 Å². The maximum atomic E-state index is 12.9. The molecule has 9 nitrogen and oxygen atoms in total. The molecule has 2 fully saturated rings. The van der Waals surface area contributed by atoms with Crippen molar-refractivity contribution in [2.24, 2.45) is 0 Å². The number of ether oxygens (including phenoxy) is 1. The van der Waals surface area contributed by atoms with Crippen LogP contribution in [0.4, 0.5) is 5.69 Å². The fourth-order valence-electron chi connectivity index (χ4n) is 4.29. The molecule has 1 amide bonds. The van der Waals surface area contributed by atoms with Gasteiger partial charge in [-0.25, -0.2) is 0 Å². The Morgan fingerprint density at radius 3 is 2.54 bits per heavy atom. The van der Waals surface area contributed by atoms with Crippen LogP contribution < -0.4 is 10.6 Å². The summed E-state index contributed by atoms with van der Waals surface area (Å²) in [6, 6.07) is 6.36. The Kier molecular flexibility index (Phi) is 7.55. The number of furan rings is 1. The molecule has 35 heavy (non-hydrogen) atoms. The van der Waals surface area contributed by atoms with Crippen LogP contribution in [0.2, 0.25) is 0 Å². The van der Waals surface area contributed by atoms with E-state index in [0.717, 1.165) is 18.6 Å². The number of aryl methyl sites for hydroxylation is 1. The third kappa shape index (κ3) is 5.40. The van der Waals surface area contributed by atoms with Crippen molar-refractivity contribution in [2.75, 3.05) is 31.6 Å². The number of nitrogens with one attached hydrogen (secondary N) is 2. The van der Waals surface area contributed by atoms with Crippen molar-refractivity contribution < 1.29 is 28.6 Å². The summed E-state index contributed by atoms with van der Waals surface area (Å²) >= 11 is 0. The predicted octanol–water partition coefficient (Wildman–Crippen LogP) is 3.41. The van der Waals surface area contributed by atoms with Gasteiger partial charge >= 0.3 is 0 Å². The van der Waals surface area contributed by atoms with Gasteiger partial charge in [-0.3, -0.25) is 14.4 Å². The first kappa shape index (κ1) is 24.5. The number of allylic oxidation sites excluding steroid dienone is 2. The average Bonchev–Trinajstić information content (AvgIpc) is 3.66. The quantitative estimate of drug-likeness (QED) is 0.268. The highest BCUT2D eigenvalue weighted by atomic mass is 16.5. The third-order valence-corrected chi connectivity index (χ3v) is 6.43. The molecule has 1 atom stereocenters. The Bertz CT molecular complexity index is 1130. The summed E-state index contributed by atoms with van der Waals surface area (Å²) < 4.78 is 11.2. The highest BCUT2D eigenvalue weighted by Crippen LogP contribution is 2.43. The molecule has 0 unspecified atom stereocenters. The van der Waals surface area contributed by atoms with Crippen molar-refractivity contribution >= 4 is 24.2 Å². The minimum absolute atomic E-state index is 0.0261. The molecule has 1 aliphatic carbocycles. The van der Waals surface area contributed by atoms with Gasteiger partial charge in [0.25, 0.3) is 5.91 Å². The van der Waals surface area contributed by atoms with Crippen LogP contribution in [0.3, 0.4) is 0 Å². The van der Waals surface area contributed by atoms with E-state index < -0.39 is 0 Å². The number of nitrogens with zero attached hydrogens (tertiary/aromatic N) is 1. The molecule has 1 saturated carbocycles. The van der Waals surface area contributed by atoms with E-state index in [9.17, 15) is 19.5 Å². The van der Waals surface area contributed by atoms with Crippen LogP contribution in [0.15, 0.2) is 40.1 Å². The van der Waals surface area contributed by atoms with Gasteiger partial charge in [-0.1, -0.05) is 13.0 Å². The number of carbonyl (C=O) groups is 3. The molecule has 2 aliphatic rings. The number of para-hydroxylation sites is 1. The lowest BCUT2D eigenvalue weighted by Gasteiger charge is -2.27. The van der Waals surface area contributed by atoms with E-state index in [1.54, 1.807) is 11.0 Å². The van der Waals surface area contributed by atoms with Gasteiger partial charge < -0.3 is 29.8 Å². The van der Waals surface area contributed by atoms with E-state index in [2.05, 4.69) is 10.6 Å². The summed E-state index contributed by atoms with van der Waals surface area (Å²) in [6.45, 7) is 5.63. The van der Waals surface area contributed by atoms with Crippen molar-refractivity contribution in [3.8, 4) is 5.75 Å². The molecule has 1 aromatic heterocycles.